The van der Waals surface area contributed by atoms with Gasteiger partial charge in [-0.2, -0.15) is 26.3 Å². The van der Waals surface area contributed by atoms with Gasteiger partial charge in [-0.25, -0.2) is 0 Å². The van der Waals surface area contributed by atoms with E-state index in [1.54, 1.807) is 6.92 Å². The van der Waals surface area contributed by atoms with E-state index in [1.165, 1.54) is 10.6 Å². The van der Waals surface area contributed by atoms with Crippen LogP contribution in [0.5, 0.6) is 0 Å². The number of nitrogens with one attached hydrogen (secondary N) is 2. The van der Waals surface area contributed by atoms with Crippen LogP contribution in [0.15, 0.2) is 18.2 Å². The van der Waals surface area contributed by atoms with Crippen molar-refractivity contribution in [2.45, 2.75) is 25.7 Å². The maximum atomic E-state index is 12.2. The Morgan fingerprint density at radius 3 is 1.50 bits per heavy atom. The lowest BCUT2D eigenvalue weighted by Crippen LogP contribution is -2.31. The van der Waals surface area contributed by atoms with Crippen LogP contribution in [0.1, 0.15) is 12.5 Å². The van der Waals surface area contributed by atoms with E-state index in [0.29, 0.717) is 5.56 Å². The second kappa shape index (κ2) is 6.24. The molecule has 22 heavy (non-hydrogen) atoms. The van der Waals surface area contributed by atoms with Crippen molar-refractivity contribution in [3.05, 3.63) is 23.8 Å². The van der Waals surface area contributed by atoms with E-state index in [9.17, 15) is 35.9 Å². The summed E-state index contributed by atoms with van der Waals surface area (Å²) in [6, 6.07) is 3.12. The van der Waals surface area contributed by atoms with Gasteiger partial charge in [0.25, 0.3) is 0 Å². The minimum absolute atomic E-state index is 0.268. The van der Waals surface area contributed by atoms with E-state index in [0.717, 1.165) is 18.2 Å². The van der Waals surface area contributed by atoms with Gasteiger partial charge in [0.2, 0.25) is 0 Å². The fraction of sp³-hybridized carbons (Fsp3) is 0.333. The normalized spacial score (nSPS) is 12.0. The number of anilines is 2. The van der Waals surface area contributed by atoms with Gasteiger partial charge in [-0.1, -0.05) is 6.92 Å². The van der Waals surface area contributed by atoms with Crippen LogP contribution in [0.4, 0.5) is 37.7 Å². The third kappa shape index (κ3) is 4.93. The second-order valence-corrected chi connectivity index (χ2v) is 4.18. The first-order valence-electron chi connectivity index (χ1n) is 5.83. The van der Waals surface area contributed by atoms with E-state index < -0.39 is 24.2 Å². The Labute approximate surface area is 120 Å². The molecule has 0 unspecified atom stereocenters. The number of alkyl halides is 6. The van der Waals surface area contributed by atoms with E-state index in [-0.39, 0.29) is 17.8 Å². The maximum absolute atomic E-state index is 12.2. The number of benzene rings is 1. The first-order valence-corrected chi connectivity index (χ1v) is 5.83. The molecule has 0 fully saturated rings. The molecule has 1 aromatic rings. The molecule has 0 radical (unpaired) electrons. The van der Waals surface area contributed by atoms with Crippen LogP contribution in [0.3, 0.4) is 0 Å². The Hall–Kier alpha value is -2.26. The average Bonchev–Trinajstić information content (AvgIpc) is 2.36. The molecule has 0 spiro atoms. The van der Waals surface area contributed by atoms with Crippen molar-refractivity contribution in [3.63, 3.8) is 0 Å². The number of hydrogen-bond acceptors (Lipinski definition) is 2. The first kappa shape index (κ1) is 17.8. The van der Waals surface area contributed by atoms with Crippen LogP contribution < -0.4 is 10.6 Å². The van der Waals surface area contributed by atoms with Crippen molar-refractivity contribution in [2.24, 2.45) is 0 Å². The zero-order chi connectivity index (χ0) is 17.1. The monoisotopic (exact) mass is 328 g/mol. The largest absolute Gasteiger partial charge is 0.471 e. The molecule has 0 aliphatic heterocycles. The summed E-state index contributed by atoms with van der Waals surface area (Å²) in [7, 11) is 0. The minimum Gasteiger partial charge on any atom is -0.318 e. The van der Waals surface area contributed by atoms with Gasteiger partial charge in [0.15, 0.2) is 0 Å². The number of carbonyl (C=O) groups is 2. The minimum atomic E-state index is -5.14. The molecule has 1 rings (SSSR count). The molecule has 0 bridgehead atoms. The Bertz CT molecular complexity index is 534. The predicted molar refractivity (Wildman–Crippen MR) is 65.2 cm³/mol. The van der Waals surface area contributed by atoms with Gasteiger partial charge in [-0.3, -0.25) is 9.59 Å². The fourth-order valence-electron chi connectivity index (χ4n) is 1.44. The zero-order valence-corrected chi connectivity index (χ0v) is 11.0. The lowest BCUT2D eigenvalue weighted by Gasteiger charge is -2.13. The van der Waals surface area contributed by atoms with Crippen LogP contribution in [0.25, 0.3) is 0 Å². The Balaban J connectivity index is 3.04. The number of halogens is 6. The van der Waals surface area contributed by atoms with Gasteiger partial charge in [-0.15, -0.1) is 0 Å². The highest BCUT2D eigenvalue weighted by molar-refractivity contribution is 5.98. The van der Waals surface area contributed by atoms with E-state index in [2.05, 4.69) is 0 Å². The number of rotatable bonds is 3. The quantitative estimate of drug-likeness (QED) is 0.837. The summed E-state index contributed by atoms with van der Waals surface area (Å²) in [4.78, 5) is 21.6. The van der Waals surface area contributed by atoms with Crippen LogP contribution in [-0.4, -0.2) is 24.2 Å². The molecule has 0 aliphatic rings. The van der Waals surface area contributed by atoms with Crippen LogP contribution >= 0.6 is 0 Å². The number of amides is 2. The molecular weight excluding hydrogens is 318 g/mol. The average molecular weight is 328 g/mol. The molecule has 0 aliphatic carbocycles. The topological polar surface area (TPSA) is 58.2 Å². The summed E-state index contributed by atoms with van der Waals surface area (Å²) in [5.41, 5.74) is -0.421. The molecule has 0 saturated heterocycles. The molecule has 0 atom stereocenters. The van der Waals surface area contributed by atoms with E-state index in [1.807, 2.05) is 0 Å². The van der Waals surface area contributed by atoms with Crippen molar-refractivity contribution in [1.29, 1.82) is 0 Å². The van der Waals surface area contributed by atoms with Crippen LogP contribution in [0, 0.1) is 0 Å². The third-order valence-corrected chi connectivity index (χ3v) is 2.43. The SMILES string of the molecule is CCc1cc(NC(=O)C(F)(F)F)cc(NC(=O)C(F)(F)F)c1. The molecule has 0 aromatic heterocycles. The Morgan fingerprint density at radius 1 is 0.864 bits per heavy atom. The highest BCUT2D eigenvalue weighted by Crippen LogP contribution is 2.24. The molecule has 4 nitrogen and oxygen atoms in total. The third-order valence-electron chi connectivity index (χ3n) is 2.43. The number of hydrogen-bond donors (Lipinski definition) is 2. The van der Waals surface area contributed by atoms with E-state index in [4.69, 9.17) is 0 Å². The summed E-state index contributed by atoms with van der Waals surface area (Å²) in [6.45, 7) is 1.60. The molecule has 0 saturated carbocycles. The summed E-state index contributed by atoms with van der Waals surface area (Å²) in [6.07, 6.45) is -10.0. The highest BCUT2D eigenvalue weighted by atomic mass is 19.4. The van der Waals surface area contributed by atoms with Gasteiger partial charge in [0.05, 0.1) is 0 Å². The van der Waals surface area contributed by atoms with Crippen molar-refractivity contribution in [3.8, 4) is 0 Å². The molecule has 122 valence electrons. The molecule has 1 aromatic carbocycles. The fourth-order valence-corrected chi connectivity index (χ4v) is 1.44. The van der Waals surface area contributed by atoms with E-state index >= 15 is 0 Å². The molecular formula is C12H10F6N2O2. The highest BCUT2D eigenvalue weighted by Gasteiger charge is 2.40. The molecule has 0 heterocycles. The lowest BCUT2D eigenvalue weighted by molar-refractivity contribution is -0.167. The summed E-state index contributed by atoms with van der Waals surface area (Å²) >= 11 is 0. The second-order valence-electron chi connectivity index (χ2n) is 4.18. The molecule has 10 heteroatoms. The van der Waals surface area contributed by atoms with Gasteiger partial charge >= 0.3 is 24.2 Å². The van der Waals surface area contributed by atoms with Crippen LogP contribution in [-0.2, 0) is 16.0 Å². The van der Waals surface area contributed by atoms with Gasteiger partial charge < -0.3 is 10.6 Å². The van der Waals surface area contributed by atoms with Crippen molar-refractivity contribution < 1.29 is 35.9 Å². The standard InChI is InChI=1S/C12H10F6N2O2/c1-2-6-3-7(19-9(21)11(13,14)15)5-8(4-6)20-10(22)12(16,17)18/h3-5H,2H2,1H3,(H,19,21)(H,20,22). The first-order chi connectivity index (χ1) is 9.93. The van der Waals surface area contributed by atoms with Crippen molar-refractivity contribution >= 4 is 23.2 Å². The smallest absolute Gasteiger partial charge is 0.318 e. The van der Waals surface area contributed by atoms with Crippen LogP contribution in [0.2, 0.25) is 0 Å². The predicted octanol–water partition coefficient (Wildman–Crippen LogP) is 3.25. The number of carbonyl (C=O) groups excluding carboxylic acids is 2. The lowest BCUT2D eigenvalue weighted by atomic mass is 10.1. The Kier molecular flexibility index (Phi) is 5.05. The molecule has 2 amide bonds. The zero-order valence-electron chi connectivity index (χ0n) is 11.0. The molecule has 2 N–H and O–H groups in total. The van der Waals surface area contributed by atoms with Crippen molar-refractivity contribution in [2.75, 3.05) is 10.6 Å². The van der Waals surface area contributed by atoms with Gasteiger partial charge in [0, 0.05) is 11.4 Å². The van der Waals surface area contributed by atoms with Gasteiger partial charge in [0.1, 0.15) is 0 Å². The summed E-state index contributed by atoms with van der Waals surface area (Å²) in [5, 5.41) is 3.02. The van der Waals surface area contributed by atoms with Crippen molar-refractivity contribution in [1.82, 2.24) is 0 Å². The number of aryl methyl sites for hydroxylation is 1. The summed E-state index contributed by atoms with van der Waals surface area (Å²) in [5.74, 6) is -4.54. The summed E-state index contributed by atoms with van der Waals surface area (Å²) < 4.78 is 72.9. The van der Waals surface area contributed by atoms with Gasteiger partial charge in [-0.05, 0) is 30.2 Å². The Morgan fingerprint density at radius 2 is 1.23 bits per heavy atom. The maximum Gasteiger partial charge on any atom is 0.471 e.